The van der Waals surface area contributed by atoms with Crippen molar-refractivity contribution in [1.29, 1.82) is 0 Å². The molecule has 0 bridgehead atoms. The Hall–Kier alpha value is -0.900. The summed E-state index contributed by atoms with van der Waals surface area (Å²) in [5.74, 6) is 0.978. The molecule has 0 aromatic carbocycles. The number of rotatable bonds is 4. The minimum absolute atomic E-state index is 0.539. The van der Waals surface area contributed by atoms with Gasteiger partial charge in [-0.05, 0) is 19.3 Å². The minimum atomic E-state index is 0.539. The topological polar surface area (TPSA) is 37.8 Å². The highest BCUT2D eigenvalue weighted by Gasteiger charge is 2.11. The van der Waals surface area contributed by atoms with E-state index in [1.54, 1.807) is 0 Å². The molecule has 0 aliphatic heterocycles. The number of aryl methyl sites for hydroxylation is 1. The molecular formula is C10H15N3S. The van der Waals surface area contributed by atoms with Crippen molar-refractivity contribution in [2.75, 3.05) is 5.32 Å². The molecule has 1 aromatic rings. The van der Waals surface area contributed by atoms with Crippen LogP contribution in [0.4, 0.5) is 5.13 Å². The van der Waals surface area contributed by atoms with Crippen molar-refractivity contribution in [3.05, 3.63) is 18.0 Å². The minimum Gasteiger partial charge on any atom is -0.357 e. The number of aromatic nitrogens is 2. The first kappa shape index (κ1) is 9.65. The zero-order valence-corrected chi connectivity index (χ0v) is 9.18. The Morgan fingerprint density at radius 1 is 1.50 bits per heavy atom. The Labute approximate surface area is 88.4 Å². The lowest BCUT2D eigenvalue weighted by atomic mass is 10.2. The smallest absolute Gasteiger partial charge is 0.202 e. The lowest BCUT2D eigenvalue weighted by Crippen LogP contribution is -2.14. The summed E-state index contributed by atoms with van der Waals surface area (Å²) >= 11 is 1.48. The van der Waals surface area contributed by atoms with E-state index in [-0.39, 0.29) is 0 Å². The molecule has 1 aliphatic carbocycles. The van der Waals surface area contributed by atoms with Crippen LogP contribution < -0.4 is 5.32 Å². The van der Waals surface area contributed by atoms with Crippen molar-refractivity contribution in [3.63, 3.8) is 0 Å². The Morgan fingerprint density at radius 3 is 3.00 bits per heavy atom. The molecule has 3 nitrogen and oxygen atoms in total. The van der Waals surface area contributed by atoms with E-state index in [0.29, 0.717) is 6.04 Å². The molecule has 0 radical (unpaired) electrons. The SMILES string of the molecule is CCCc1nsc(NC2CC=CC2)n1. The van der Waals surface area contributed by atoms with Crippen molar-refractivity contribution in [2.24, 2.45) is 0 Å². The van der Waals surface area contributed by atoms with E-state index in [0.717, 1.165) is 36.6 Å². The summed E-state index contributed by atoms with van der Waals surface area (Å²) in [5, 5.41) is 4.38. The third kappa shape index (κ3) is 2.32. The zero-order valence-electron chi connectivity index (χ0n) is 8.36. The molecule has 4 heteroatoms. The summed E-state index contributed by atoms with van der Waals surface area (Å²) in [6.45, 7) is 2.15. The van der Waals surface area contributed by atoms with Gasteiger partial charge in [0.25, 0.3) is 0 Å². The summed E-state index contributed by atoms with van der Waals surface area (Å²) in [6, 6.07) is 0.539. The Kier molecular flexibility index (Phi) is 3.14. The van der Waals surface area contributed by atoms with Gasteiger partial charge in [0.1, 0.15) is 5.82 Å². The predicted octanol–water partition coefficient (Wildman–Crippen LogP) is 2.62. The lowest BCUT2D eigenvalue weighted by molar-refractivity contribution is 0.781. The molecule has 0 amide bonds. The van der Waals surface area contributed by atoms with Crippen LogP contribution in [0.5, 0.6) is 0 Å². The molecule has 0 saturated carbocycles. The van der Waals surface area contributed by atoms with Gasteiger partial charge in [-0.3, -0.25) is 0 Å². The second kappa shape index (κ2) is 4.55. The Bertz CT molecular complexity index is 311. The molecule has 1 heterocycles. The lowest BCUT2D eigenvalue weighted by Gasteiger charge is -2.08. The summed E-state index contributed by atoms with van der Waals surface area (Å²) in [6.07, 6.45) is 8.75. The normalized spacial score (nSPS) is 16.4. The van der Waals surface area contributed by atoms with E-state index >= 15 is 0 Å². The van der Waals surface area contributed by atoms with Gasteiger partial charge >= 0.3 is 0 Å². The molecule has 1 aromatic heterocycles. The molecule has 0 spiro atoms. The number of nitrogens with one attached hydrogen (secondary N) is 1. The maximum Gasteiger partial charge on any atom is 0.202 e. The third-order valence-electron chi connectivity index (χ3n) is 2.28. The van der Waals surface area contributed by atoms with Crippen molar-refractivity contribution >= 4 is 16.7 Å². The fraction of sp³-hybridized carbons (Fsp3) is 0.600. The van der Waals surface area contributed by atoms with Crippen LogP contribution in [0.1, 0.15) is 32.0 Å². The van der Waals surface area contributed by atoms with Gasteiger partial charge in [0, 0.05) is 24.0 Å². The van der Waals surface area contributed by atoms with Gasteiger partial charge < -0.3 is 5.32 Å². The molecule has 0 unspecified atom stereocenters. The quantitative estimate of drug-likeness (QED) is 0.775. The highest BCUT2D eigenvalue weighted by molar-refractivity contribution is 7.09. The van der Waals surface area contributed by atoms with E-state index in [9.17, 15) is 0 Å². The van der Waals surface area contributed by atoms with E-state index < -0.39 is 0 Å². The molecular weight excluding hydrogens is 194 g/mol. The van der Waals surface area contributed by atoms with Gasteiger partial charge in [0.05, 0.1) is 0 Å². The fourth-order valence-electron chi connectivity index (χ4n) is 1.55. The van der Waals surface area contributed by atoms with Gasteiger partial charge in [0.15, 0.2) is 0 Å². The molecule has 1 aliphatic rings. The maximum atomic E-state index is 4.43. The summed E-state index contributed by atoms with van der Waals surface area (Å²) in [7, 11) is 0. The van der Waals surface area contributed by atoms with Gasteiger partial charge in [0.2, 0.25) is 5.13 Å². The van der Waals surface area contributed by atoms with Crippen LogP contribution in [0.2, 0.25) is 0 Å². The largest absolute Gasteiger partial charge is 0.357 e. The number of hydrogen-bond donors (Lipinski definition) is 1. The molecule has 0 atom stereocenters. The molecule has 14 heavy (non-hydrogen) atoms. The monoisotopic (exact) mass is 209 g/mol. The van der Waals surface area contributed by atoms with Crippen molar-refractivity contribution < 1.29 is 0 Å². The first-order valence-electron chi connectivity index (χ1n) is 5.12. The Balaban J connectivity index is 1.89. The van der Waals surface area contributed by atoms with Gasteiger partial charge in [-0.1, -0.05) is 19.1 Å². The zero-order chi connectivity index (χ0) is 9.80. The molecule has 0 fully saturated rings. The van der Waals surface area contributed by atoms with E-state index in [2.05, 4.69) is 33.8 Å². The second-order valence-corrected chi connectivity index (χ2v) is 4.30. The summed E-state index contributed by atoms with van der Waals surface area (Å²) in [4.78, 5) is 4.43. The molecule has 1 N–H and O–H groups in total. The maximum absolute atomic E-state index is 4.43. The summed E-state index contributed by atoms with van der Waals surface area (Å²) < 4.78 is 4.30. The van der Waals surface area contributed by atoms with Crippen molar-refractivity contribution in [2.45, 2.75) is 38.6 Å². The average molecular weight is 209 g/mol. The van der Waals surface area contributed by atoms with Crippen molar-refractivity contribution in [3.8, 4) is 0 Å². The number of nitrogens with zero attached hydrogens (tertiary/aromatic N) is 2. The second-order valence-electron chi connectivity index (χ2n) is 3.55. The van der Waals surface area contributed by atoms with Crippen LogP contribution in [-0.4, -0.2) is 15.4 Å². The van der Waals surface area contributed by atoms with Crippen LogP contribution in [-0.2, 0) is 6.42 Å². The van der Waals surface area contributed by atoms with Crippen molar-refractivity contribution in [1.82, 2.24) is 9.36 Å². The first-order chi connectivity index (χ1) is 6.88. The standard InChI is InChI=1S/C10H15N3S/c1-2-5-9-12-10(14-13-9)11-8-6-3-4-7-8/h3-4,8H,2,5-7H2,1H3,(H,11,12,13). The number of hydrogen-bond acceptors (Lipinski definition) is 4. The van der Waals surface area contributed by atoms with E-state index in [1.807, 2.05) is 0 Å². The highest BCUT2D eigenvalue weighted by Crippen LogP contribution is 2.18. The third-order valence-corrected chi connectivity index (χ3v) is 2.96. The fourth-order valence-corrected chi connectivity index (χ4v) is 2.24. The van der Waals surface area contributed by atoms with Crippen LogP contribution in [0, 0.1) is 0 Å². The van der Waals surface area contributed by atoms with Gasteiger partial charge in [-0.2, -0.15) is 4.37 Å². The first-order valence-corrected chi connectivity index (χ1v) is 5.90. The van der Waals surface area contributed by atoms with Gasteiger partial charge in [-0.25, -0.2) is 4.98 Å². The average Bonchev–Trinajstić information content (AvgIpc) is 2.79. The van der Waals surface area contributed by atoms with Gasteiger partial charge in [-0.15, -0.1) is 0 Å². The Morgan fingerprint density at radius 2 is 2.29 bits per heavy atom. The molecule has 0 saturated heterocycles. The predicted molar refractivity (Wildman–Crippen MR) is 59.7 cm³/mol. The van der Waals surface area contributed by atoms with Crippen LogP contribution >= 0.6 is 11.5 Å². The van der Waals surface area contributed by atoms with Crippen LogP contribution in [0.15, 0.2) is 12.2 Å². The van der Waals surface area contributed by atoms with E-state index in [1.165, 1.54) is 11.5 Å². The van der Waals surface area contributed by atoms with E-state index in [4.69, 9.17) is 0 Å². The highest BCUT2D eigenvalue weighted by atomic mass is 32.1. The molecule has 76 valence electrons. The molecule has 2 rings (SSSR count). The number of anilines is 1. The summed E-state index contributed by atoms with van der Waals surface area (Å²) in [5.41, 5.74) is 0. The van der Waals surface area contributed by atoms with Crippen LogP contribution in [0.25, 0.3) is 0 Å². The van der Waals surface area contributed by atoms with Crippen LogP contribution in [0.3, 0.4) is 0 Å².